The Kier molecular flexibility index (Phi) is 8.87. The number of methoxy groups -OCH3 is 1. The number of para-hydroxylation sites is 1. The van der Waals surface area contributed by atoms with Crippen LogP contribution in [0, 0.1) is 6.92 Å². The van der Waals surface area contributed by atoms with Crippen molar-refractivity contribution in [3.05, 3.63) is 59.8 Å². The summed E-state index contributed by atoms with van der Waals surface area (Å²) >= 11 is 0. The number of halogens is 1. The van der Waals surface area contributed by atoms with E-state index in [1.807, 2.05) is 43.3 Å². The van der Waals surface area contributed by atoms with E-state index >= 15 is 0 Å². The van der Waals surface area contributed by atoms with Gasteiger partial charge in [0.15, 0.2) is 0 Å². The third-order valence-corrected chi connectivity index (χ3v) is 7.91. The van der Waals surface area contributed by atoms with Crippen LogP contribution in [0.25, 0.3) is 16.9 Å². The van der Waals surface area contributed by atoms with Gasteiger partial charge in [0.05, 0.1) is 30.6 Å². The molecule has 13 nitrogen and oxygen atoms in total. The average Bonchev–Trinajstić information content (AvgIpc) is 3.59. The lowest BCUT2D eigenvalue weighted by Crippen LogP contribution is -2.46. The van der Waals surface area contributed by atoms with E-state index in [1.54, 1.807) is 28.0 Å². The number of ether oxygens (including phenoxy) is 2. The minimum Gasteiger partial charge on any atom is -0.474 e. The zero-order valence-corrected chi connectivity index (χ0v) is 25.3. The number of carbonyl (C=O) groups excluding carboxylic acids is 2. The number of anilines is 2. The van der Waals surface area contributed by atoms with Gasteiger partial charge in [-0.2, -0.15) is 14.6 Å². The van der Waals surface area contributed by atoms with E-state index in [-0.39, 0.29) is 5.91 Å². The van der Waals surface area contributed by atoms with Crippen molar-refractivity contribution in [2.75, 3.05) is 56.7 Å². The molecular formula is C31H35FN8O5. The van der Waals surface area contributed by atoms with Crippen LogP contribution in [0.15, 0.2) is 59.2 Å². The van der Waals surface area contributed by atoms with Gasteiger partial charge in [-0.05, 0) is 43.2 Å². The Labute approximate surface area is 259 Å². The number of aromatic nitrogens is 3. The second-order valence-electron chi connectivity index (χ2n) is 10.9. The first-order chi connectivity index (χ1) is 21.8. The fourth-order valence-electron chi connectivity index (χ4n) is 5.70. The van der Waals surface area contributed by atoms with Gasteiger partial charge >= 0.3 is 6.03 Å². The minimum atomic E-state index is -0.558. The molecular weight excluding hydrogens is 583 g/mol. The summed E-state index contributed by atoms with van der Waals surface area (Å²) in [5.41, 5.74) is 3.95. The molecule has 45 heavy (non-hydrogen) atoms. The van der Waals surface area contributed by atoms with E-state index in [0.29, 0.717) is 80.0 Å². The first-order valence-electron chi connectivity index (χ1n) is 14.8. The van der Waals surface area contributed by atoms with Crippen molar-refractivity contribution in [2.24, 2.45) is 4.99 Å². The fourth-order valence-corrected chi connectivity index (χ4v) is 5.70. The molecule has 0 radical (unpaired) electrons. The van der Waals surface area contributed by atoms with Gasteiger partial charge in [0.2, 0.25) is 17.8 Å². The Balaban J connectivity index is 1.30. The van der Waals surface area contributed by atoms with E-state index in [9.17, 15) is 14.0 Å². The number of aliphatic imine (C=N–C) groups is 1. The molecule has 3 aliphatic heterocycles. The third-order valence-electron chi connectivity index (χ3n) is 7.91. The molecule has 3 amide bonds. The fraction of sp³-hybridized carbons (Fsp3) is 0.387. The van der Waals surface area contributed by atoms with Gasteiger partial charge in [-0.25, -0.2) is 14.5 Å². The molecule has 2 aromatic heterocycles. The summed E-state index contributed by atoms with van der Waals surface area (Å²) in [6, 6.07) is 10.3. The highest BCUT2D eigenvalue weighted by Gasteiger charge is 2.38. The molecule has 1 aromatic carbocycles. The van der Waals surface area contributed by atoms with Crippen LogP contribution in [0.3, 0.4) is 0 Å². The van der Waals surface area contributed by atoms with E-state index < -0.39 is 24.1 Å². The van der Waals surface area contributed by atoms with E-state index in [2.05, 4.69) is 20.6 Å². The second-order valence-corrected chi connectivity index (χ2v) is 10.9. The Bertz CT molecular complexity index is 1640. The Hall–Kier alpha value is -4.66. The number of urea groups is 1. The van der Waals surface area contributed by atoms with Crippen molar-refractivity contribution < 1.29 is 28.3 Å². The minimum absolute atomic E-state index is 0.113. The number of hydrogen-bond donors (Lipinski definition) is 2. The van der Waals surface area contributed by atoms with Crippen LogP contribution in [0.2, 0.25) is 0 Å². The number of carbonyl (C=O) groups is 2. The highest BCUT2D eigenvalue weighted by Crippen LogP contribution is 2.36. The van der Waals surface area contributed by atoms with Crippen LogP contribution in [0.1, 0.15) is 18.9 Å². The molecule has 1 saturated heterocycles. The summed E-state index contributed by atoms with van der Waals surface area (Å²) in [7, 11) is 1.60. The number of dihydropyridines is 1. The second kappa shape index (κ2) is 13.1. The standard InChI is InChI=1S/C31H35FN8O5/c1-19-27(22-15-25-30(34-17-22)44-14-12-39(25)20(2)41)37-40(23-7-5-4-6-8-23)29(19)36-31(42)35-24-18-38(11-13-43-3)45-28(24)21-9-10-33-26(32)16-21/h4-8,15-17,24,28H,9-14,18H2,1-3H3,(H2,35,36,42)/t24-,28+/m1/s1. The number of rotatable bonds is 8. The van der Waals surface area contributed by atoms with Gasteiger partial charge in [-0.3, -0.25) is 19.9 Å². The molecule has 3 aliphatic rings. The number of pyridine rings is 1. The van der Waals surface area contributed by atoms with Crippen LogP contribution in [-0.4, -0.2) is 96.4 Å². The first-order valence-corrected chi connectivity index (χ1v) is 14.8. The molecule has 2 atom stereocenters. The monoisotopic (exact) mass is 618 g/mol. The number of nitrogens with zero attached hydrogens (tertiary/aromatic N) is 6. The maximum atomic E-state index is 14.1. The zero-order valence-electron chi connectivity index (χ0n) is 25.3. The van der Waals surface area contributed by atoms with Crippen molar-refractivity contribution >= 4 is 29.4 Å². The zero-order chi connectivity index (χ0) is 31.5. The predicted molar refractivity (Wildman–Crippen MR) is 165 cm³/mol. The molecule has 0 saturated carbocycles. The highest BCUT2D eigenvalue weighted by atomic mass is 19.1. The molecule has 5 heterocycles. The maximum absolute atomic E-state index is 14.1. The molecule has 236 valence electrons. The topological polar surface area (TPSA) is 135 Å². The summed E-state index contributed by atoms with van der Waals surface area (Å²) < 4.78 is 26.6. The van der Waals surface area contributed by atoms with E-state index in [0.717, 1.165) is 11.3 Å². The molecule has 0 bridgehead atoms. The van der Waals surface area contributed by atoms with Gasteiger partial charge in [-0.1, -0.05) is 18.2 Å². The Morgan fingerprint density at radius 2 is 2.04 bits per heavy atom. The van der Waals surface area contributed by atoms with Crippen molar-refractivity contribution in [3.63, 3.8) is 0 Å². The number of allylic oxidation sites excluding steroid dienone is 1. The molecule has 3 aromatic rings. The number of hydroxylamine groups is 2. The van der Waals surface area contributed by atoms with Crippen LogP contribution in [0.5, 0.6) is 5.88 Å². The summed E-state index contributed by atoms with van der Waals surface area (Å²) in [6.45, 7) is 5.77. The molecule has 0 spiro atoms. The average molecular weight is 619 g/mol. The molecule has 2 N–H and O–H groups in total. The molecule has 1 fully saturated rings. The number of fused-ring (bicyclic) bond motifs is 1. The third kappa shape index (κ3) is 6.43. The largest absolute Gasteiger partial charge is 0.474 e. The van der Waals surface area contributed by atoms with Gasteiger partial charge in [-0.15, -0.1) is 0 Å². The van der Waals surface area contributed by atoms with Crippen LogP contribution >= 0.6 is 0 Å². The van der Waals surface area contributed by atoms with E-state index in [1.165, 1.54) is 13.0 Å². The van der Waals surface area contributed by atoms with Crippen molar-refractivity contribution in [1.82, 2.24) is 25.1 Å². The quantitative estimate of drug-likeness (QED) is 0.392. The first kappa shape index (κ1) is 30.4. The Morgan fingerprint density at radius 1 is 1.22 bits per heavy atom. The summed E-state index contributed by atoms with van der Waals surface area (Å²) in [5, 5.41) is 12.6. The van der Waals surface area contributed by atoms with Gasteiger partial charge in [0.25, 0.3) is 0 Å². The molecule has 14 heteroatoms. The molecule has 0 aliphatic carbocycles. The number of amides is 3. The lowest BCUT2D eigenvalue weighted by atomic mass is 9.98. The normalized spacial score (nSPS) is 19.8. The summed E-state index contributed by atoms with van der Waals surface area (Å²) in [6.07, 6.45) is 3.00. The van der Waals surface area contributed by atoms with Gasteiger partial charge < -0.3 is 19.7 Å². The summed E-state index contributed by atoms with van der Waals surface area (Å²) in [4.78, 5) is 42.0. The summed E-state index contributed by atoms with van der Waals surface area (Å²) in [5.74, 6) is 0.166. The molecule has 0 unspecified atom stereocenters. The lowest BCUT2D eigenvalue weighted by molar-refractivity contribution is -0.142. The number of hydrogen-bond acceptors (Lipinski definition) is 9. The molecule has 6 rings (SSSR count). The van der Waals surface area contributed by atoms with E-state index in [4.69, 9.17) is 19.4 Å². The van der Waals surface area contributed by atoms with Crippen LogP contribution in [0.4, 0.5) is 20.7 Å². The SMILES string of the molecule is COCCN1C[C@@H](NC(=O)Nc2c(C)c(-c3cnc4c(c3)N(C(C)=O)CCO4)nn2-c2ccccc2)[C@H](C2=CC(F)=NCC2)O1. The smallest absolute Gasteiger partial charge is 0.320 e. The maximum Gasteiger partial charge on any atom is 0.320 e. The Morgan fingerprint density at radius 3 is 2.80 bits per heavy atom. The van der Waals surface area contributed by atoms with Crippen molar-refractivity contribution in [1.29, 1.82) is 0 Å². The van der Waals surface area contributed by atoms with Crippen LogP contribution in [-0.2, 0) is 14.4 Å². The van der Waals surface area contributed by atoms with Crippen molar-refractivity contribution in [2.45, 2.75) is 32.4 Å². The predicted octanol–water partition coefficient (Wildman–Crippen LogP) is 3.44. The number of nitrogens with one attached hydrogen (secondary N) is 2. The van der Waals surface area contributed by atoms with Gasteiger partial charge in [0.1, 0.15) is 24.2 Å². The number of benzene rings is 1. The van der Waals surface area contributed by atoms with Crippen LogP contribution < -0.4 is 20.3 Å². The lowest BCUT2D eigenvalue weighted by Gasteiger charge is -2.27. The van der Waals surface area contributed by atoms with Crippen molar-refractivity contribution in [3.8, 4) is 22.8 Å². The highest BCUT2D eigenvalue weighted by molar-refractivity contribution is 5.95. The van der Waals surface area contributed by atoms with Gasteiger partial charge in [0, 0.05) is 51.0 Å².